The van der Waals surface area contributed by atoms with Crippen LogP contribution in [0.25, 0.3) is 11.3 Å². The zero-order valence-corrected chi connectivity index (χ0v) is 16.3. The maximum atomic E-state index is 13.3. The van der Waals surface area contributed by atoms with Crippen molar-refractivity contribution in [3.8, 4) is 11.3 Å². The van der Waals surface area contributed by atoms with Crippen molar-refractivity contribution in [2.24, 2.45) is 0 Å². The lowest BCUT2D eigenvalue weighted by Crippen LogP contribution is -2.56. The third kappa shape index (κ3) is 3.26. The number of amides is 2. The first-order valence-electron chi connectivity index (χ1n) is 9.96. The molecule has 1 saturated heterocycles. The highest BCUT2D eigenvalue weighted by Crippen LogP contribution is 2.39. The predicted octanol–water partition coefficient (Wildman–Crippen LogP) is 3.56. The van der Waals surface area contributed by atoms with E-state index in [4.69, 9.17) is 10.4 Å². The molecule has 0 radical (unpaired) electrons. The number of pyridine rings is 3. The first kappa shape index (κ1) is 18.2. The van der Waals surface area contributed by atoms with Gasteiger partial charge in [-0.25, -0.2) is 14.8 Å². The van der Waals surface area contributed by atoms with Crippen molar-refractivity contribution in [1.82, 2.24) is 15.0 Å². The molecule has 3 aromatic heterocycles. The molecule has 0 saturated carbocycles. The SMILES string of the molecule is N=Cc1cncc(-c2ccc3c(n2)N(C(=O)Nc2ccccn2)[C@H]2CCCN3C2)c1. The molecule has 0 unspecified atom stereocenters. The summed E-state index contributed by atoms with van der Waals surface area (Å²) in [5.41, 5.74) is 3.20. The monoisotopic (exact) mass is 399 g/mol. The number of carbonyl (C=O) groups is 1. The summed E-state index contributed by atoms with van der Waals surface area (Å²) in [5, 5.41) is 10.4. The fourth-order valence-electron chi connectivity index (χ4n) is 4.13. The number of carbonyl (C=O) groups excluding carboxylic acids is 1. The molecule has 0 spiro atoms. The number of urea groups is 1. The maximum absolute atomic E-state index is 13.3. The van der Waals surface area contributed by atoms with E-state index in [1.54, 1.807) is 29.6 Å². The van der Waals surface area contributed by atoms with E-state index in [0.717, 1.165) is 42.9 Å². The summed E-state index contributed by atoms with van der Waals surface area (Å²) in [6.45, 7) is 1.76. The number of fused-ring (bicyclic) bond motifs is 4. The predicted molar refractivity (Wildman–Crippen MR) is 116 cm³/mol. The van der Waals surface area contributed by atoms with Crippen LogP contribution < -0.4 is 15.1 Å². The van der Waals surface area contributed by atoms with Gasteiger partial charge >= 0.3 is 6.03 Å². The highest BCUT2D eigenvalue weighted by Gasteiger charge is 2.38. The Morgan fingerprint density at radius 1 is 1.23 bits per heavy atom. The van der Waals surface area contributed by atoms with Crippen LogP contribution in [-0.2, 0) is 0 Å². The van der Waals surface area contributed by atoms with Crippen LogP contribution in [0.5, 0.6) is 0 Å². The lowest BCUT2D eigenvalue weighted by molar-refractivity contribution is 0.252. The van der Waals surface area contributed by atoms with Gasteiger partial charge in [-0.05, 0) is 43.2 Å². The molecule has 1 atom stereocenters. The lowest BCUT2D eigenvalue weighted by Gasteiger charge is -2.45. The van der Waals surface area contributed by atoms with E-state index in [-0.39, 0.29) is 12.1 Å². The fraction of sp³-hybridized carbons (Fsp3) is 0.227. The van der Waals surface area contributed by atoms with Gasteiger partial charge in [-0.15, -0.1) is 0 Å². The van der Waals surface area contributed by atoms with Gasteiger partial charge in [0, 0.05) is 49.0 Å². The van der Waals surface area contributed by atoms with Gasteiger partial charge in [0.2, 0.25) is 0 Å². The van der Waals surface area contributed by atoms with Gasteiger partial charge in [-0.2, -0.15) is 0 Å². The molecule has 150 valence electrons. The average molecular weight is 399 g/mol. The summed E-state index contributed by atoms with van der Waals surface area (Å²) in [6, 6.07) is 11.1. The van der Waals surface area contributed by atoms with Crippen LogP contribution in [0.4, 0.5) is 22.1 Å². The highest BCUT2D eigenvalue weighted by atomic mass is 16.2. The molecule has 0 aromatic carbocycles. The number of piperidine rings is 1. The van der Waals surface area contributed by atoms with E-state index in [1.165, 1.54) is 6.21 Å². The maximum Gasteiger partial charge on any atom is 0.329 e. The molecular formula is C22H21N7O. The van der Waals surface area contributed by atoms with Crippen molar-refractivity contribution >= 4 is 29.6 Å². The van der Waals surface area contributed by atoms with Crippen LogP contribution in [-0.4, -0.2) is 46.3 Å². The summed E-state index contributed by atoms with van der Waals surface area (Å²) in [5.74, 6) is 1.17. The molecule has 5 heterocycles. The summed E-state index contributed by atoms with van der Waals surface area (Å²) in [7, 11) is 0. The van der Waals surface area contributed by atoms with Crippen molar-refractivity contribution in [2.75, 3.05) is 28.2 Å². The summed E-state index contributed by atoms with van der Waals surface area (Å²) < 4.78 is 0. The van der Waals surface area contributed by atoms with Crippen molar-refractivity contribution in [3.05, 3.63) is 60.6 Å². The standard InChI is InChI=1S/C22H21N7O/c23-11-15-10-16(13-24-12-15)18-6-7-19-21(26-18)29(17-4-3-9-28(19)14-17)22(30)27-20-5-1-2-8-25-20/h1-2,5-8,10-13,17,23H,3-4,9,14H2,(H,25,27,30)/t17-/m0/s1. The van der Waals surface area contributed by atoms with E-state index in [9.17, 15) is 4.79 Å². The van der Waals surface area contributed by atoms with Crippen LogP contribution >= 0.6 is 0 Å². The van der Waals surface area contributed by atoms with E-state index in [0.29, 0.717) is 17.2 Å². The van der Waals surface area contributed by atoms with Gasteiger partial charge in [-0.1, -0.05) is 6.07 Å². The van der Waals surface area contributed by atoms with Gasteiger partial charge < -0.3 is 10.3 Å². The van der Waals surface area contributed by atoms with E-state index >= 15 is 0 Å². The molecule has 2 aliphatic rings. The second kappa shape index (κ2) is 7.55. The fourth-order valence-corrected chi connectivity index (χ4v) is 4.13. The molecular weight excluding hydrogens is 378 g/mol. The Balaban J connectivity index is 1.56. The van der Waals surface area contributed by atoms with Gasteiger partial charge in [-0.3, -0.25) is 15.2 Å². The van der Waals surface area contributed by atoms with Gasteiger partial charge in [0.05, 0.1) is 17.4 Å². The van der Waals surface area contributed by atoms with Crippen LogP contribution in [0.3, 0.4) is 0 Å². The van der Waals surface area contributed by atoms with Gasteiger partial charge in [0.15, 0.2) is 5.82 Å². The smallest absolute Gasteiger partial charge is 0.329 e. The van der Waals surface area contributed by atoms with E-state index in [2.05, 4.69) is 20.2 Å². The van der Waals surface area contributed by atoms with Crippen LogP contribution in [0, 0.1) is 5.41 Å². The van der Waals surface area contributed by atoms with Crippen LogP contribution in [0.1, 0.15) is 18.4 Å². The van der Waals surface area contributed by atoms with Gasteiger partial charge in [0.25, 0.3) is 0 Å². The molecule has 1 fully saturated rings. The molecule has 30 heavy (non-hydrogen) atoms. The summed E-state index contributed by atoms with van der Waals surface area (Å²) in [6.07, 6.45) is 8.24. The molecule has 5 rings (SSSR count). The number of aromatic nitrogens is 3. The van der Waals surface area contributed by atoms with E-state index in [1.807, 2.05) is 30.3 Å². The minimum Gasteiger partial charge on any atom is -0.366 e. The first-order chi connectivity index (χ1) is 14.7. The second-order valence-corrected chi connectivity index (χ2v) is 7.45. The molecule has 8 nitrogen and oxygen atoms in total. The molecule has 2 amide bonds. The Morgan fingerprint density at radius 3 is 3.00 bits per heavy atom. The summed E-state index contributed by atoms with van der Waals surface area (Å²) in [4.78, 5) is 30.6. The molecule has 2 bridgehead atoms. The quantitative estimate of drug-likeness (QED) is 0.656. The third-order valence-corrected chi connectivity index (χ3v) is 5.53. The highest BCUT2D eigenvalue weighted by molar-refractivity contribution is 6.04. The van der Waals surface area contributed by atoms with E-state index < -0.39 is 0 Å². The Labute approximate surface area is 174 Å². The first-order valence-corrected chi connectivity index (χ1v) is 9.96. The van der Waals surface area contributed by atoms with Crippen molar-refractivity contribution in [2.45, 2.75) is 18.9 Å². The number of nitrogens with zero attached hydrogens (tertiary/aromatic N) is 5. The Kier molecular flexibility index (Phi) is 4.59. The zero-order valence-electron chi connectivity index (χ0n) is 16.3. The minimum atomic E-state index is -0.225. The molecule has 2 N–H and O–H groups in total. The van der Waals surface area contributed by atoms with Crippen LogP contribution in [0.15, 0.2) is 55.0 Å². The third-order valence-electron chi connectivity index (χ3n) is 5.53. The molecule has 2 aliphatic heterocycles. The molecule has 0 aliphatic carbocycles. The topological polar surface area (TPSA) is 98.1 Å². The van der Waals surface area contributed by atoms with Gasteiger partial charge in [0.1, 0.15) is 5.82 Å². The second-order valence-electron chi connectivity index (χ2n) is 7.45. The van der Waals surface area contributed by atoms with Crippen LogP contribution in [0.2, 0.25) is 0 Å². The number of hydrogen-bond donors (Lipinski definition) is 2. The number of hydrogen-bond acceptors (Lipinski definition) is 6. The zero-order chi connectivity index (χ0) is 20.5. The summed E-state index contributed by atoms with van der Waals surface area (Å²) >= 11 is 0. The normalized spacial score (nSPS) is 17.3. The number of nitrogens with one attached hydrogen (secondary N) is 2. The molecule has 3 aromatic rings. The lowest BCUT2D eigenvalue weighted by atomic mass is 9.99. The van der Waals surface area contributed by atoms with Crippen molar-refractivity contribution in [1.29, 1.82) is 5.41 Å². The average Bonchev–Trinajstić information content (AvgIpc) is 2.80. The van der Waals surface area contributed by atoms with Crippen molar-refractivity contribution in [3.63, 3.8) is 0 Å². The Bertz CT molecular complexity index is 1100. The Hall–Kier alpha value is -3.81. The Morgan fingerprint density at radius 2 is 2.17 bits per heavy atom. The largest absolute Gasteiger partial charge is 0.366 e. The molecule has 8 heteroatoms. The van der Waals surface area contributed by atoms with Crippen molar-refractivity contribution < 1.29 is 4.79 Å². The minimum absolute atomic E-state index is 0.0590. The number of anilines is 3. The number of rotatable bonds is 3.